The van der Waals surface area contributed by atoms with E-state index in [1.807, 2.05) is 69.3 Å². The smallest absolute Gasteiger partial charge is 0.277 e. The average molecular weight is 398 g/mol. The number of nitrogens with one attached hydrogen (secondary N) is 1. The molecule has 1 aromatic heterocycles. The van der Waals surface area contributed by atoms with Gasteiger partial charge in [-0.25, -0.2) is 0 Å². The van der Waals surface area contributed by atoms with Crippen LogP contribution in [0.15, 0.2) is 58.2 Å². The van der Waals surface area contributed by atoms with Gasteiger partial charge in [-0.05, 0) is 37.5 Å². The van der Waals surface area contributed by atoms with Crippen molar-refractivity contribution < 1.29 is 13.9 Å². The minimum Gasteiger partial charge on any atom is -0.483 e. The van der Waals surface area contributed by atoms with Crippen LogP contribution in [0.1, 0.15) is 35.5 Å². The Morgan fingerprint density at radius 3 is 2.54 bits per heavy atom. The summed E-state index contributed by atoms with van der Waals surface area (Å²) in [6, 6.07) is 15.7. The number of rotatable bonds is 8. The molecule has 7 heteroatoms. The number of amides is 1. The van der Waals surface area contributed by atoms with E-state index in [0.29, 0.717) is 11.1 Å². The molecule has 146 valence electrons. The lowest BCUT2D eigenvalue weighted by Gasteiger charge is -2.13. The zero-order chi connectivity index (χ0) is 19.9. The van der Waals surface area contributed by atoms with Crippen molar-refractivity contribution >= 4 is 17.7 Å². The Kier molecular flexibility index (Phi) is 6.71. The largest absolute Gasteiger partial charge is 0.483 e. The van der Waals surface area contributed by atoms with Crippen LogP contribution in [0.25, 0.3) is 0 Å². The summed E-state index contributed by atoms with van der Waals surface area (Å²) in [5, 5.41) is 11.3. The normalized spacial score (nSPS) is 11.8. The SMILES string of the molecule is Cc1cccc(C)c1OCc1nnc(SCC(=O)N[C@H](C)c2ccccc2)o1. The molecule has 0 unspecified atom stereocenters. The van der Waals surface area contributed by atoms with Gasteiger partial charge >= 0.3 is 0 Å². The lowest BCUT2D eigenvalue weighted by Crippen LogP contribution is -2.28. The molecule has 28 heavy (non-hydrogen) atoms. The second-order valence-corrected chi connectivity index (χ2v) is 7.39. The quantitative estimate of drug-likeness (QED) is 0.573. The first-order valence-electron chi connectivity index (χ1n) is 9.01. The number of thioether (sulfide) groups is 1. The van der Waals surface area contributed by atoms with Gasteiger partial charge in [0.25, 0.3) is 11.1 Å². The second-order valence-electron chi connectivity index (χ2n) is 6.46. The molecule has 0 saturated carbocycles. The van der Waals surface area contributed by atoms with E-state index in [0.717, 1.165) is 22.4 Å². The van der Waals surface area contributed by atoms with Gasteiger partial charge in [-0.15, -0.1) is 10.2 Å². The summed E-state index contributed by atoms with van der Waals surface area (Å²) in [6.45, 7) is 6.13. The number of aryl methyl sites for hydroxylation is 2. The van der Waals surface area contributed by atoms with Gasteiger partial charge in [0, 0.05) is 0 Å². The Bertz CT molecular complexity index is 907. The minimum absolute atomic E-state index is 0.0571. The molecule has 0 spiro atoms. The number of carbonyl (C=O) groups excluding carboxylic acids is 1. The molecule has 0 saturated heterocycles. The highest BCUT2D eigenvalue weighted by Crippen LogP contribution is 2.24. The molecule has 0 aliphatic heterocycles. The molecule has 1 amide bonds. The Balaban J connectivity index is 1.47. The van der Waals surface area contributed by atoms with E-state index in [4.69, 9.17) is 9.15 Å². The molecule has 0 aliphatic carbocycles. The summed E-state index contributed by atoms with van der Waals surface area (Å²) in [5.74, 6) is 1.32. The molecule has 1 atom stereocenters. The monoisotopic (exact) mass is 397 g/mol. The molecule has 3 aromatic rings. The van der Waals surface area contributed by atoms with E-state index in [2.05, 4.69) is 15.5 Å². The summed E-state index contributed by atoms with van der Waals surface area (Å²) in [6.07, 6.45) is 0. The first-order valence-corrected chi connectivity index (χ1v) is 10.00. The summed E-state index contributed by atoms with van der Waals surface area (Å²) >= 11 is 1.21. The van der Waals surface area contributed by atoms with Crippen LogP contribution in [0.5, 0.6) is 5.75 Å². The fourth-order valence-corrected chi connectivity index (χ4v) is 3.34. The number of para-hydroxylation sites is 1. The zero-order valence-electron chi connectivity index (χ0n) is 16.1. The predicted molar refractivity (Wildman–Crippen MR) is 108 cm³/mol. The van der Waals surface area contributed by atoms with Gasteiger partial charge < -0.3 is 14.5 Å². The number of hydrogen-bond donors (Lipinski definition) is 1. The van der Waals surface area contributed by atoms with Crippen molar-refractivity contribution in [3.63, 3.8) is 0 Å². The van der Waals surface area contributed by atoms with E-state index >= 15 is 0 Å². The summed E-state index contributed by atoms with van der Waals surface area (Å²) < 4.78 is 11.4. The first kappa shape index (κ1) is 19.9. The maximum Gasteiger partial charge on any atom is 0.277 e. The van der Waals surface area contributed by atoms with Crippen LogP contribution in [0.2, 0.25) is 0 Å². The molecule has 6 nitrogen and oxygen atoms in total. The Hall–Kier alpha value is -2.80. The van der Waals surface area contributed by atoms with Gasteiger partial charge in [0.2, 0.25) is 5.91 Å². The van der Waals surface area contributed by atoms with E-state index in [1.165, 1.54) is 11.8 Å². The van der Waals surface area contributed by atoms with Crippen LogP contribution < -0.4 is 10.1 Å². The van der Waals surface area contributed by atoms with Crippen LogP contribution >= 0.6 is 11.8 Å². The summed E-state index contributed by atoms with van der Waals surface area (Å²) in [5.41, 5.74) is 3.17. The summed E-state index contributed by atoms with van der Waals surface area (Å²) in [7, 11) is 0. The number of aromatic nitrogens is 2. The molecular weight excluding hydrogens is 374 g/mol. The maximum atomic E-state index is 12.1. The van der Waals surface area contributed by atoms with Gasteiger partial charge in [0.05, 0.1) is 11.8 Å². The molecule has 0 fully saturated rings. The number of hydrogen-bond acceptors (Lipinski definition) is 6. The molecule has 0 bridgehead atoms. The van der Waals surface area contributed by atoms with Crippen molar-refractivity contribution in [2.45, 2.75) is 38.6 Å². The van der Waals surface area contributed by atoms with E-state index in [-0.39, 0.29) is 24.3 Å². The third-order valence-electron chi connectivity index (χ3n) is 4.20. The Labute approximate surface area is 168 Å². The third-order valence-corrected chi connectivity index (χ3v) is 5.02. The van der Waals surface area contributed by atoms with Crippen molar-refractivity contribution in [2.75, 3.05) is 5.75 Å². The number of benzene rings is 2. The van der Waals surface area contributed by atoms with Gasteiger partial charge in [-0.2, -0.15) is 0 Å². The minimum atomic E-state index is -0.0899. The van der Waals surface area contributed by atoms with Crippen molar-refractivity contribution in [1.29, 1.82) is 0 Å². The maximum absolute atomic E-state index is 12.1. The zero-order valence-corrected chi connectivity index (χ0v) is 17.0. The van der Waals surface area contributed by atoms with Crippen LogP contribution in [-0.2, 0) is 11.4 Å². The predicted octanol–water partition coefficient (Wildman–Crippen LogP) is 4.23. The van der Waals surface area contributed by atoms with Crippen molar-refractivity contribution in [3.8, 4) is 5.75 Å². The third kappa shape index (κ3) is 5.36. The van der Waals surface area contributed by atoms with Crippen LogP contribution in [0.4, 0.5) is 0 Å². The van der Waals surface area contributed by atoms with Crippen molar-refractivity contribution in [1.82, 2.24) is 15.5 Å². The van der Waals surface area contributed by atoms with Gasteiger partial charge in [0.15, 0.2) is 6.61 Å². The second kappa shape index (κ2) is 9.41. The molecule has 1 heterocycles. The lowest BCUT2D eigenvalue weighted by molar-refractivity contribution is -0.119. The van der Waals surface area contributed by atoms with Crippen molar-refractivity contribution in [3.05, 3.63) is 71.1 Å². The molecule has 3 rings (SSSR count). The van der Waals surface area contributed by atoms with E-state index in [1.54, 1.807) is 0 Å². The molecule has 0 aliphatic rings. The topological polar surface area (TPSA) is 77.2 Å². The van der Waals surface area contributed by atoms with Crippen molar-refractivity contribution in [2.24, 2.45) is 0 Å². The van der Waals surface area contributed by atoms with E-state index < -0.39 is 0 Å². The lowest BCUT2D eigenvalue weighted by atomic mass is 10.1. The standard InChI is InChI=1S/C21H23N3O3S/c1-14-8-7-9-15(2)20(14)26-12-19-23-24-21(27-19)28-13-18(25)22-16(3)17-10-5-4-6-11-17/h4-11,16H,12-13H2,1-3H3,(H,22,25)/t16-/m1/s1. The molecular formula is C21H23N3O3S. The summed E-state index contributed by atoms with van der Waals surface area (Å²) in [4.78, 5) is 12.1. The number of nitrogens with zero attached hydrogens (tertiary/aromatic N) is 2. The van der Waals surface area contributed by atoms with E-state index in [9.17, 15) is 4.79 Å². The average Bonchev–Trinajstić information content (AvgIpc) is 3.14. The van der Waals surface area contributed by atoms with Gasteiger partial charge in [-0.1, -0.05) is 60.3 Å². The highest BCUT2D eigenvalue weighted by Gasteiger charge is 2.13. The van der Waals surface area contributed by atoms with Gasteiger partial charge in [-0.3, -0.25) is 4.79 Å². The highest BCUT2D eigenvalue weighted by molar-refractivity contribution is 7.99. The fraction of sp³-hybridized carbons (Fsp3) is 0.286. The fourth-order valence-electron chi connectivity index (χ4n) is 2.75. The first-order chi connectivity index (χ1) is 13.5. The number of carbonyl (C=O) groups is 1. The Morgan fingerprint density at radius 1 is 1.11 bits per heavy atom. The molecule has 2 aromatic carbocycles. The molecule has 0 radical (unpaired) electrons. The Morgan fingerprint density at radius 2 is 1.82 bits per heavy atom. The highest BCUT2D eigenvalue weighted by atomic mass is 32.2. The van der Waals surface area contributed by atoms with Crippen LogP contribution in [0.3, 0.4) is 0 Å². The van der Waals surface area contributed by atoms with Gasteiger partial charge in [0.1, 0.15) is 5.75 Å². The van der Waals surface area contributed by atoms with Crippen LogP contribution in [0, 0.1) is 13.8 Å². The van der Waals surface area contributed by atoms with Crippen LogP contribution in [-0.4, -0.2) is 21.9 Å². The number of ether oxygens (including phenoxy) is 1. The molecule has 1 N–H and O–H groups in total.